The Hall–Kier alpha value is -1.12. The highest BCUT2D eigenvalue weighted by Crippen LogP contribution is 2.03. The minimum Gasteiger partial charge on any atom is -0.382 e. The molecule has 0 bridgehead atoms. The lowest BCUT2D eigenvalue weighted by Crippen LogP contribution is -1.99. The van der Waals surface area contributed by atoms with Gasteiger partial charge >= 0.3 is 0 Å². The van der Waals surface area contributed by atoms with Crippen LogP contribution in [0.5, 0.6) is 0 Å². The Morgan fingerprint density at radius 2 is 2.30 bits per heavy atom. The van der Waals surface area contributed by atoms with Crippen molar-refractivity contribution >= 4 is 5.82 Å². The number of anilines is 1. The molecule has 0 fully saturated rings. The molecule has 0 aliphatic rings. The lowest BCUT2D eigenvalue weighted by atomic mass is 10.3. The summed E-state index contributed by atoms with van der Waals surface area (Å²) in [6.45, 7) is 3.90. The molecule has 1 rings (SSSR count). The summed E-state index contributed by atoms with van der Waals surface area (Å²) in [6, 6.07) is 0. The zero-order chi connectivity index (χ0) is 7.56. The molecule has 0 aromatic carbocycles. The SMILES string of the molecule is CCc1cnc(N)c(C)n1. The predicted molar refractivity (Wildman–Crippen MR) is 40.6 cm³/mol. The summed E-state index contributed by atoms with van der Waals surface area (Å²) in [5.41, 5.74) is 7.28. The summed E-state index contributed by atoms with van der Waals surface area (Å²) < 4.78 is 0. The van der Waals surface area contributed by atoms with Crippen LogP contribution >= 0.6 is 0 Å². The first-order chi connectivity index (χ1) is 4.74. The van der Waals surface area contributed by atoms with Crippen LogP contribution in [-0.4, -0.2) is 9.97 Å². The molecule has 0 unspecified atom stereocenters. The Labute approximate surface area is 60.3 Å². The minimum atomic E-state index is 0.525. The van der Waals surface area contributed by atoms with Crippen molar-refractivity contribution in [2.75, 3.05) is 5.73 Å². The molecule has 10 heavy (non-hydrogen) atoms. The first-order valence-electron chi connectivity index (χ1n) is 3.32. The summed E-state index contributed by atoms with van der Waals surface area (Å²) in [5.74, 6) is 0.525. The van der Waals surface area contributed by atoms with Crippen LogP contribution in [0.1, 0.15) is 18.3 Å². The zero-order valence-corrected chi connectivity index (χ0v) is 6.26. The molecule has 0 amide bonds. The van der Waals surface area contributed by atoms with Gasteiger partial charge in [0.1, 0.15) is 5.82 Å². The number of nitrogens with zero attached hydrogens (tertiary/aromatic N) is 2. The fraction of sp³-hybridized carbons (Fsp3) is 0.429. The largest absolute Gasteiger partial charge is 0.382 e. The molecule has 1 heterocycles. The minimum absolute atomic E-state index is 0.525. The molecule has 0 spiro atoms. The van der Waals surface area contributed by atoms with E-state index in [-0.39, 0.29) is 0 Å². The van der Waals surface area contributed by atoms with Crippen molar-refractivity contribution < 1.29 is 0 Å². The zero-order valence-electron chi connectivity index (χ0n) is 6.26. The Balaban J connectivity index is 3.04. The number of hydrogen-bond acceptors (Lipinski definition) is 3. The second-order valence-corrected chi connectivity index (χ2v) is 2.19. The van der Waals surface area contributed by atoms with Crippen molar-refractivity contribution in [2.45, 2.75) is 20.3 Å². The average Bonchev–Trinajstić information content (AvgIpc) is 1.95. The molecular formula is C7H11N3. The lowest BCUT2D eigenvalue weighted by molar-refractivity contribution is 0.974. The van der Waals surface area contributed by atoms with Crippen LogP contribution in [0.3, 0.4) is 0 Å². The summed E-state index contributed by atoms with van der Waals surface area (Å²) in [5, 5.41) is 0. The second-order valence-electron chi connectivity index (χ2n) is 2.19. The number of nitrogen functional groups attached to an aromatic ring is 1. The van der Waals surface area contributed by atoms with Crippen molar-refractivity contribution in [3.8, 4) is 0 Å². The van der Waals surface area contributed by atoms with Gasteiger partial charge in [-0.2, -0.15) is 0 Å². The van der Waals surface area contributed by atoms with Gasteiger partial charge in [-0.1, -0.05) is 6.92 Å². The van der Waals surface area contributed by atoms with Crippen molar-refractivity contribution in [3.63, 3.8) is 0 Å². The van der Waals surface area contributed by atoms with Crippen LogP contribution in [-0.2, 0) is 6.42 Å². The van der Waals surface area contributed by atoms with Gasteiger partial charge in [-0.15, -0.1) is 0 Å². The van der Waals surface area contributed by atoms with E-state index in [1.165, 1.54) is 0 Å². The lowest BCUT2D eigenvalue weighted by Gasteiger charge is -1.98. The van der Waals surface area contributed by atoms with Gasteiger partial charge in [0.2, 0.25) is 0 Å². The van der Waals surface area contributed by atoms with Gasteiger partial charge in [0.15, 0.2) is 0 Å². The van der Waals surface area contributed by atoms with Crippen molar-refractivity contribution in [3.05, 3.63) is 17.6 Å². The van der Waals surface area contributed by atoms with Crippen LogP contribution in [0.15, 0.2) is 6.20 Å². The smallest absolute Gasteiger partial charge is 0.144 e. The summed E-state index contributed by atoms with van der Waals surface area (Å²) in [4.78, 5) is 8.17. The van der Waals surface area contributed by atoms with E-state index in [9.17, 15) is 0 Å². The van der Waals surface area contributed by atoms with E-state index < -0.39 is 0 Å². The third kappa shape index (κ3) is 1.23. The van der Waals surface area contributed by atoms with E-state index in [0.717, 1.165) is 17.8 Å². The molecule has 1 aromatic heterocycles. The Kier molecular flexibility index (Phi) is 1.85. The van der Waals surface area contributed by atoms with Crippen LogP contribution in [0.25, 0.3) is 0 Å². The average molecular weight is 137 g/mol. The molecule has 0 radical (unpaired) electrons. The molecule has 0 aliphatic carbocycles. The molecule has 0 saturated carbocycles. The van der Waals surface area contributed by atoms with Crippen LogP contribution in [0.2, 0.25) is 0 Å². The number of rotatable bonds is 1. The van der Waals surface area contributed by atoms with Crippen LogP contribution in [0, 0.1) is 6.92 Å². The molecule has 3 nitrogen and oxygen atoms in total. The number of aryl methyl sites for hydroxylation is 2. The van der Waals surface area contributed by atoms with Crippen LogP contribution < -0.4 is 5.73 Å². The van der Waals surface area contributed by atoms with Crippen molar-refractivity contribution in [2.24, 2.45) is 0 Å². The first kappa shape index (κ1) is 6.99. The Bertz CT molecular complexity index is 232. The number of hydrogen-bond donors (Lipinski definition) is 1. The summed E-state index contributed by atoms with van der Waals surface area (Å²) >= 11 is 0. The highest BCUT2D eigenvalue weighted by atomic mass is 14.9. The highest BCUT2D eigenvalue weighted by molar-refractivity contribution is 5.32. The van der Waals surface area contributed by atoms with Crippen molar-refractivity contribution in [1.82, 2.24) is 9.97 Å². The van der Waals surface area contributed by atoms with E-state index in [1.54, 1.807) is 6.20 Å². The second kappa shape index (κ2) is 2.64. The Morgan fingerprint density at radius 3 is 2.80 bits per heavy atom. The molecule has 0 saturated heterocycles. The monoisotopic (exact) mass is 137 g/mol. The van der Waals surface area contributed by atoms with E-state index in [4.69, 9.17) is 5.73 Å². The fourth-order valence-electron chi connectivity index (χ4n) is 0.709. The molecule has 0 aliphatic heterocycles. The first-order valence-corrected chi connectivity index (χ1v) is 3.32. The maximum absolute atomic E-state index is 5.47. The number of aromatic nitrogens is 2. The third-order valence-electron chi connectivity index (χ3n) is 1.40. The van der Waals surface area contributed by atoms with Gasteiger partial charge in [0.25, 0.3) is 0 Å². The van der Waals surface area contributed by atoms with Gasteiger partial charge in [0.05, 0.1) is 17.6 Å². The quantitative estimate of drug-likeness (QED) is 0.626. The predicted octanol–water partition coefficient (Wildman–Crippen LogP) is 0.930. The summed E-state index contributed by atoms with van der Waals surface area (Å²) in [7, 11) is 0. The topological polar surface area (TPSA) is 51.8 Å². The van der Waals surface area contributed by atoms with Gasteiger partial charge in [-0.25, -0.2) is 4.98 Å². The maximum atomic E-state index is 5.47. The molecule has 54 valence electrons. The van der Waals surface area contributed by atoms with E-state index in [1.807, 2.05) is 13.8 Å². The summed E-state index contributed by atoms with van der Waals surface area (Å²) in [6.07, 6.45) is 2.62. The molecular weight excluding hydrogens is 126 g/mol. The normalized spacial score (nSPS) is 9.80. The van der Waals surface area contributed by atoms with Crippen LogP contribution in [0.4, 0.5) is 5.82 Å². The van der Waals surface area contributed by atoms with Gasteiger partial charge in [0, 0.05) is 0 Å². The molecule has 3 heteroatoms. The molecule has 0 atom stereocenters. The van der Waals surface area contributed by atoms with E-state index in [0.29, 0.717) is 5.82 Å². The standard InChI is InChI=1S/C7H11N3/c1-3-6-4-9-7(8)5(2)10-6/h4H,3H2,1-2H3,(H2,8,9). The molecule has 2 N–H and O–H groups in total. The van der Waals surface area contributed by atoms with Gasteiger partial charge in [-0.05, 0) is 13.3 Å². The third-order valence-corrected chi connectivity index (χ3v) is 1.40. The van der Waals surface area contributed by atoms with Gasteiger partial charge < -0.3 is 5.73 Å². The van der Waals surface area contributed by atoms with E-state index in [2.05, 4.69) is 9.97 Å². The fourth-order valence-corrected chi connectivity index (χ4v) is 0.709. The maximum Gasteiger partial charge on any atom is 0.144 e. The highest BCUT2D eigenvalue weighted by Gasteiger charge is 1.95. The van der Waals surface area contributed by atoms with Crippen molar-refractivity contribution in [1.29, 1.82) is 0 Å². The Morgan fingerprint density at radius 1 is 1.60 bits per heavy atom. The molecule has 1 aromatic rings. The van der Waals surface area contributed by atoms with Gasteiger partial charge in [-0.3, -0.25) is 4.98 Å². The van der Waals surface area contributed by atoms with E-state index >= 15 is 0 Å². The number of nitrogens with two attached hydrogens (primary N) is 1.